The first-order valence-electron chi connectivity index (χ1n) is 13.3. The molecule has 1 aliphatic rings. The average Bonchev–Trinajstić information content (AvgIpc) is 3.58. The Bertz CT molecular complexity index is 1520. The van der Waals surface area contributed by atoms with Gasteiger partial charge in [-0.1, -0.05) is 0 Å². The Morgan fingerprint density at radius 3 is 2.63 bits per heavy atom. The summed E-state index contributed by atoms with van der Waals surface area (Å²) in [4.78, 5) is 32.0. The number of likely N-dealkylation sites (tertiary alicyclic amines) is 1. The van der Waals surface area contributed by atoms with Crippen LogP contribution in [-0.4, -0.2) is 81.6 Å². The first-order chi connectivity index (χ1) is 19.5. The van der Waals surface area contributed by atoms with E-state index in [1.54, 1.807) is 11.0 Å². The van der Waals surface area contributed by atoms with Gasteiger partial charge in [0.1, 0.15) is 17.4 Å². The van der Waals surface area contributed by atoms with Crippen molar-refractivity contribution in [3.8, 4) is 11.3 Å². The van der Waals surface area contributed by atoms with Crippen LogP contribution in [-0.2, 0) is 26.0 Å². The number of nitrogens with zero attached hydrogens (tertiary/aromatic N) is 3. The number of pyridine rings is 1. The Morgan fingerprint density at radius 2 is 2.00 bits per heavy atom. The minimum absolute atomic E-state index is 0.0594. The highest BCUT2D eigenvalue weighted by Crippen LogP contribution is 2.36. The van der Waals surface area contributed by atoms with Gasteiger partial charge in [-0.25, -0.2) is 12.8 Å². The van der Waals surface area contributed by atoms with E-state index in [9.17, 15) is 27.5 Å². The summed E-state index contributed by atoms with van der Waals surface area (Å²) >= 11 is 0. The highest BCUT2D eigenvalue weighted by molar-refractivity contribution is 7.92. The van der Waals surface area contributed by atoms with Crippen LogP contribution >= 0.6 is 0 Å². The second-order valence-electron chi connectivity index (χ2n) is 10.1. The van der Waals surface area contributed by atoms with Gasteiger partial charge in [-0.2, -0.15) is 4.98 Å². The first-order valence-corrected chi connectivity index (χ1v) is 15.2. The number of aryl methyl sites for hydroxylation is 1. The predicted molar refractivity (Wildman–Crippen MR) is 151 cm³/mol. The Kier molecular flexibility index (Phi) is 9.30. The number of furan rings is 1. The Morgan fingerprint density at radius 1 is 1.29 bits per heavy atom. The summed E-state index contributed by atoms with van der Waals surface area (Å²) in [5.41, 5.74) is 1.27. The molecule has 3 aromatic rings. The molecule has 0 spiro atoms. The summed E-state index contributed by atoms with van der Waals surface area (Å²) in [5.74, 6) is -0.634. The zero-order chi connectivity index (χ0) is 29.9. The number of amides is 2. The van der Waals surface area contributed by atoms with E-state index in [1.807, 2.05) is 0 Å². The molecule has 0 radical (unpaired) electrons. The Balaban J connectivity index is 1.64. The molecule has 13 heteroatoms. The van der Waals surface area contributed by atoms with Crippen molar-refractivity contribution < 1.29 is 36.7 Å². The number of aromatic nitrogens is 1. The summed E-state index contributed by atoms with van der Waals surface area (Å²) in [7, 11) is 0.573. The van der Waals surface area contributed by atoms with Crippen LogP contribution in [0.2, 0.25) is 0 Å². The number of aliphatic hydroxyl groups excluding tert-OH is 1. The van der Waals surface area contributed by atoms with Crippen LogP contribution in [0.1, 0.15) is 48.0 Å². The van der Waals surface area contributed by atoms with Crippen LogP contribution in [0.25, 0.3) is 22.4 Å². The summed E-state index contributed by atoms with van der Waals surface area (Å²) in [6, 6.07) is 6.79. The number of hydrogen-bond donors (Lipinski definition) is 2. The number of halogens is 1. The van der Waals surface area contributed by atoms with Crippen molar-refractivity contribution >= 4 is 38.8 Å². The molecule has 3 heterocycles. The lowest BCUT2D eigenvalue weighted by atomic mass is 10.0. The largest absolute Gasteiger partial charge is 0.437 e. The van der Waals surface area contributed by atoms with Crippen LogP contribution in [0.5, 0.6) is 0 Å². The van der Waals surface area contributed by atoms with Gasteiger partial charge >= 0.3 is 0 Å². The molecule has 0 saturated carbocycles. The van der Waals surface area contributed by atoms with Crippen molar-refractivity contribution in [2.24, 2.45) is 0 Å². The number of carbonyl (C=O) groups excluding carboxylic acids is 2. The molecule has 4 rings (SSSR count). The number of aliphatic hydroxyl groups is 1. The number of sulfonamides is 1. The van der Waals surface area contributed by atoms with Gasteiger partial charge in [0.25, 0.3) is 5.91 Å². The zero-order valence-electron chi connectivity index (χ0n) is 23.5. The third-order valence-corrected chi connectivity index (χ3v) is 8.54. The second-order valence-corrected chi connectivity index (χ2v) is 12.1. The molecule has 1 fully saturated rings. The fourth-order valence-corrected chi connectivity index (χ4v) is 5.59. The lowest BCUT2D eigenvalue weighted by Gasteiger charge is -2.27. The number of methoxy groups -OCH3 is 1. The number of carbonyl (C=O) groups is 2. The third-order valence-electron chi connectivity index (χ3n) is 7.37. The van der Waals surface area contributed by atoms with E-state index >= 15 is 0 Å². The minimum Gasteiger partial charge on any atom is -0.437 e. The van der Waals surface area contributed by atoms with E-state index in [1.165, 1.54) is 45.5 Å². The molecule has 222 valence electrons. The van der Waals surface area contributed by atoms with Gasteiger partial charge in [0, 0.05) is 39.7 Å². The maximum absolute atomic E-state index is 13.6. The third kappa shape index (κ3) is 6.52. The molecule has 2 N–H and O–H groups in total. The van der Waals surface area contributed by atoms with Crippen molar-refractivity contribution in [3.63, 3.8) is 0 Å². The zero-order valence-corrected chi connectivity index (χ0v) is 24.3. The molecule has 1 aromatic carbocycles. The molecule has 1 aliphatic heterocycles. The lowest BCUT2D eigenvalue weighted by Crippen LogP contribution is -2.43. The van der Waals surface area contributed by atoms with Crippen LogP contribution in [0.4, 0.5) is 10.2 Å². The summed E-state index contributed by atoms with van der Waals surface area (Å²) in [6.07, 6.45) is 3.17. The van der Waals surface area contributed by atoms with Crippen molar-refractivity contribution in [1.29, 1.82) is 0 Å². The van der Waals surface area contributed by atoms with Crippen LogP contribution in [0, 0.1) is 5.82 Å². The molecule has 0 bridgehead atoms. The monoisotopic (exact) mass is 590 g/mol. The quantitative estimate of drug-likeness (QED) is 0.256. The summed E-state index contributed by atoms with van der Waals surface area (Å²) in [6.45, 7) is 0.562. The number of rotatable bonds is 11. The fourth-order valence-electron chi connectivity index (χ4n) is 5.12. The number of ether oxygens (including phenoxy) is 1. The number of nitrogens with one attached hydrogen (secondary N) is 1. The van der Waals surface area contributed by atoms with Crippen LogP contribution < -0.4 is 9.62 Å². The fraction of sp³-hybridized carbons (Fsp3) is 0.464. The van der Waals surface area contributed by atoms with Gasteiger partial charge in [0.15, 0.2) is 6.29 Å². The smallest absolute Gasteiger partial charge is 0.255 e. The molecule has 41 heavy (non-hydrogen) atoms. The van der Waals surface area contributed by atoms with Gasteiger partial charge in [-0.3, -0.25) is 13.9 Å². The van der Waals surface area contributed by atoms with E-state index in [0.717, 1.165) is 17.0 Å². The van der Waals surface area contributed by atoms with E-state index in [0.29, 0.717) is 48.7 Å². The number of hydrogen-bond acceptors (Lipinski definition) is 8. The lowest BCUT2D eigenvalue weighted by molar-refractivity contribution is -0.148. The predicted octanol–water partition coefficient (Wildman–Crippen LogP) is 3.06. The highest BCUT2D eigenvalue weighted by Gasteiger charge is 2.33. The average molecular weight is 591 g/mol. The Labute approximate surface area is 238 Å². The maximum Gasteiger partial charge on any atom is 0.255 e. The molecule has 2 atom stereocenters. The first kappa shape index (κ1) is 30.4. The number of benzene rings is 1. The number of fused-ring (bicyclic) bond motifs is 1. The van der Waals surface area contributed by atoms with E-state index in [4.69, 9.17) is 9.15 Å². The molecular weight excluding hydrogens is 555 g/mol. The molecule has 1 saturated heterocycles. The molecule has 2 amide bonds. The van der Waals surface area contributed by atoms with Crippen molar-refractivity contribution in [1.82, 2.24) is 15.2 Å². The topological polar surface area (TPSA) is 142 Å². The molecule has 2 aromatic heterocycles. The molecular formula is C28H35FN4O7S. The van der Waals surface area contributed by atoms with E-state index < -0.39 is 28.0 Å². The highest BCUT2D eigenvalue weighted by atomic mass is 32.2. The van der Waals surface area contributed by atoms with Crippen LogP contribution in [0.15, 0.2) is 34.7 Å². The number of anilines is 1. The molecule has 1 unspecified atom stereocenters. The van der Waals surface area contributed by atoms with Gasteiger partial charge in [0.05, 0.1) is 23.2 Å². The SMILES string of the molecule is CNC(=O)c1c(-c2ccc(F)cc2)oc2nc(N(C)S(C)(=O)=O)c(CCCCC(=O)N3CCC[C@H]3C(O)OC)cc12. The van der Waals surface area contributed by atoms with Gasteiger partial charge < -0.3 is 24.5 Å². The number of unbranched alkanes of at least 4 members (excludes halogenated alkanes) is 1. The van der Waals surface area contributed by atoms with Gasteiger partial charge in [0.2, 0.25) is 21.6 Å². The normalized spacial score (nSPS) is 16.2. The molecule has 0 aliphatic carbocycles. The summed E-state index contributed by atoms with van der Waals surface area (Å²) in [5, 5.41) is 13.0. The maximum atomic E-state index is 13.6. The standard InChI is InChI=1S/C28H35FN4O7S/c1-30-26(35)23-20-16-18(8-5-6-10-22(34)33-15-7-9-21(33)28(36)39-3)25(32(2)41(4,37)38)31-27(20)40-24(23)17-11-13-19(29)14-12-17/h11-14,16,21,28,36H,5-10,15H2,1-4H3,(H,30,35)/t21-,28?/m0/s1. The second kappa shape index (κ2) is 12.5. The van der Waals surface area contributed by atoms with Gasteiger partial charge in [-0.05, 0) is 68.0 Å². The van der Waals surface area contributed by atoms with Crippen molar-refractivity contribution in [3.05, 3.63) is 47.3 Å². The minimum atomic E-state index is -3.69. The van der Waals surface area contributed by atoms with Crippen molar-refractivity contribution in [2.75, 3.05) is 38.3 Å². The van der Waals surface area contributed by atoms with Crippen molar-refractivity contribution in [2.45, 2.75) is 50.9 Å². The van der Waals surface area contributed by atoms with E-state index in [-0.39, 0.29) is 41.2 Å². The summed E-state index contributed by atoms with van der Waals surface area (Å²) < 4.78 is 50.5. The van der Waals surface area contributed by atoms with Gasteiger partial charge in [-0.15, -0.1) is 0 Å². The van der Waals surface area contributed by atoms with E-state index in [2.05, 4.69) is 10.3 Å². The van der Waals surface area contributed by atoms with Crippen LogP contribution in [0.3, 0.4) is 0 Å². The molecule has 11 nitrogen and oxygen atoms in total. The Hall–Kier alpha value is -3.55.